The van der Waals surface area contributed by atoms with Crippen LogP contribution in [-0.4, -0.2) is 33.0 Å². The molecule has 0 aliphatic rings. The Bertz CT molecular complexity index is 1090. The first kappa shape index (κ1) is 22.2. The number of amides is 1. The highest BCUT2D eigenvalue weighted by molar-refractivity contribution is 8.00. The second-order valence-corrected chi connectivity index (χ2v) is 8.09. The molecule has 9 heteroatoms. The minimum atomic E-state index is -0.402. The van der Waals surface area contributed by atoms with Crippen LogP contribution in [0.3, 0.4) is 0 Å². The van der Waals surface area contributed by atoms with E-state index in [2.05, 4.69) is 21.6 Å². The molecule has 0 aliphatic heterocycles. The van der Waals surface area contributed by atoms with Crippen LogP contribution in [0.25, 0.3) is 0 Å². The van der Waals surface area contributed by atoms with E-state index in [1.54, 1.807) is 44.4 Å². The number of benzene rings is 2. The van der Waals surface area contributed by atoms with Crippen LogP contribution in [0.4, 0.5) is 5.69 Å². The minimum absolute atomic E-state index is 0.167. The van der Waals surface area contributed by atoms with Crippen LogP contribution in [0.15, 0.2) is 53.7 Å². The number of carbonyl (C=O) groups is 1. The van der Waals surface area contributed by atoms with Crippen molar-refractivity contribution in [1.82, 2.24) is 14.8 Å². The zero-order valence-electron chi connectivity index (χ0n) is 17.7. The van der Waals surface area contributed by atoms with Crippen molar-refractivity contribution in [3.8, 4) is 17.6 Å². The first-order chi connectivity index (χ1) is 14.9. The van der Waals surface area contributed by atoms with Gasteiger partial charge in [-0.1, -0.05) is 17.8 Å². The molecule has 0 saturated carbocycles. The Hall–Kier alpha value is -3.51. The number of hydrogen-bond donors (Lipinski definition) is 1. The van der Waals surface area contributed by atoms with Crippen LogP contribution in [-0.2, 0) is 11.8 Å². The maximum absolute atomic E-state index is 12.5. The fourth-order valence-corrected chi connectivity index (χ4v) is 3.62. The summed E-state index contributed by atoms with van der Waals surface area (Å²) in [6, 6.07) is 16.1. The van der Waals surface area contributed by atoms with E-state index >= 15 is 0 Å². The van der Waals surface area contributed by atoms with Gasteiger partial charge in [-0.2, -0.15) is 5.26 Å². The van der Waals surface area contributed by atoms with Crippen molar-refractivity contribution < 1.29 is 14.3 Å². The van der Waals surface area contributed by atoms with Gasteiger partial charge in [0, 0.05) is 18.8 Å². The quantitative estimate of drug-likeness (QED) is 0.532. The number of aromatic nitrogens is 3. The Morgan fingerprint density at radius 1 is 1.16 bits per heavy atom. The molecule has 2 atom stereocenters. The number of nitrogens with zero attached hydrogens (tertiary/aromatic N) is 4. The minimum Gasteiger partial charge on any atom is -0.497 e. The smallest absolute Gasteiger partial charge is 0.237 e. The summed E-state index contributed by atoms with van der Waals surface area (Å²) in [4.78, 5) is 12.5. The number of thioether (sulfide) groups is 1. The monoisotopic (exact) mass is 437 g/mol. The molecule has 2 aromatic carbocycles. The molecule has 160 valence electrons. The molecule has 31 heavy (non-hydrogen) atoms. The van der Waals surface area contributed by atoms with E-state index in [4.69, 9.17) is 14.7 Å². The molecule has 1 amide bonds. The highest BCUT2D eigenvalue weighted by Gasteiger charge is 2.22. The standard InChI is InChI=1S/C22H23N5O3S/c1-14(30-19-7-5-6-18(12-19)29-4)20-25-26-22(27(20)3)31-15(2)21(28)24-17-10-8-16(13-23)9-11-17/h5-12,14-15H,1-4H3,(H,24,28). The Morgan fingerprint density at radius 3 is 2.55 bits per heavy atom. The number of nitrogens with one attached hydrogen (secondary N) is 1. The summed E-state index contributed by atoms with van der Waals surface area (Å²) in [5, 5.41) is 20.4. The average molecular weight is 438 g/mol. The molecule has 3 rings (SSSR count). The van der Waals surface area contributed by atoms with Gasteiger partial charge >= 0.3 is 0 Å². The first-order valence-electron chi connectivity index (χ1n) is 9.59. The Kier molecular flexibility index (Phi) is 7.15. The van der Waals surface area contributed by atoms with Gasteiger partial charge in [0.05, 0.1) is 24.0 Å². The van der Waals surface area contributed by atoms with Gasteiger partial charge in [0.15, 0.2) is 17.1 Å². The number of anilines is 1. The largest absolute Gasteiger partial charge is 0.497 e. The predicted molar refractivity (Wildman–Crippen MR) is 118 cm³/mol. The van der Waals surface area contributed by atoms with E-state index in [0.29, 0.717) is 33.7 Å². The van der Waals surface area contributed by atoms with Gasteiger partial charge in [-0.25, -0.2) is 0 Å². The summed E-state index contributed by atoms with van der Waals surface area (Å²) in [6.45, 7) is 3.69. The normalized spacial score (nSPS) is 12.5. The van der Waals surface area contributed by atoms with Crippen molar-refractivity contribution in [2.24, 2.45) is 7.05 Å². The molecule has 0 radical (unpaired) electrons. The van der Waals surface area contributed by atoms with Gasteiger partial charge in [0.1, 0.15) is 11.5 Å². The lowest BCUT2D eigenvalue weighted by atomic mass is 10.2. The number of hydrogen-bond acceptors (Lipinski definition) is 7. The predicted octanol–water partition coefficient (Wildman–Crippen LogP) is 3.95. The van der Waals surface area contributed by atoms with Gasteiger partial charge in [0.25, 0.3) is 0 Å². The molecule has 0 bridgehead atoms. The number of rotatable bonds is 8. The van der Waals surface area contributed by atoms with Crippen LogP contribution in [0.1, 0.15) is 31.3 Å². The third kappa shape index (κ3) is 5.55. The number of carbonyl (C=O) groups excluding carboxylic acids is 1. The molecule has 1 heterocycles. The third-order valence-corrected chi connectivity index (χ3v) is 5.65. The van der Waals surface area contributed by atoms with E-state index in [-0.39, 0.29) is 12.0 Å². The second-order valence-electron chi connectivity index (χ2n) is 6.78. The molecule has 0 fully saturated rings. The van der Waals surface area contributed by atoms with Crippen LogP contribution in [0.5, 0.6) is 11.5 Å². The van der Waals surface area contributed by atoms with Crippen molar-refractivity contribution in [2.45, 2.75) is 30.4 Å². The van der Waals surface area contributed by atoms with Gasteiger partial charge in [-0.15, -0.1) is 10.2 Å². The zero-order valence-corrected chi connectivity index (χ0v) is 18.5. The van der Waals surface area contributed by atoms with Gasteiger partial charge in [-0.05, 0) is 50.2 Å². The number of nitriles is 1. The summed E-state index contributed by atoms with van der Waals surface area (Å²) in [6.07, 6.45) is -0.346. The SMILES string of the molecule is COc1cccc(OC(C)c2nnc(SC(C)C(=O)Nc3ccc(C#N)cc3)n2C)c1. The van der Waals surface area contributed by atoms with E-state index in [1.807, 2.05) is 36.7 Å². The van der Waals surface area contributed by atoms with Crippen molar-refractivity contribution in [3.63, 3.8) is 0 Å². The summed E-state index contributed by atoms with van der Waals surface area (Å²) < 4.78 is 13.0. The average Bonchev–Trinajstić information content (AvgIpc) is 3.14. The van der Waals surface area contributed by atoms with E-state index in [1.165, 1.54) is 11.8 Å². The third-order valence-electron chi connectivity index (χ3n) is 4.52. The van der Waals surface area contributed by atoms with Crippen LogP contribution in [0.2, 0.25) is 0 Å². The Morgan fingerprint density at radius 2 is 1.87 bits per heavy atom. The molecule has 1 aromatic heterocycles. The zero-order chi connectivity index (χ0) is 22.4. The molecule has 2 unspecified atom stereocenters. The fourth-order valence-electron chi connectivity index (χ4n) is 2.80. The second kappa shape index (κ2) is 10.00. The first-order valence-corrected chi connectivity index (χ1v) is 10.5. The summed E-state index contributed by atoms with van der Waals surface area (Å²) in [5.41, 5.74) is 1.17. The number of methoxy groups -OCH3 is 1. The van der Waals surface area contributed by atoms with Gasteiger partial charge < -0.3 is 19.4 Å². The lowest BCUT2D eigenvalue weighted by Gasteiger charge is -2.15. The summed E-state index contributed by atoms with van der Waals surface area (Å²) in [7, 11) is 3.45. The molecule has 8 nitrogen and oxygen atoms in total. The van der Waals surface area contributed by atoms with Gasteiger partial charge in [0.2, 0.25) is 5.91 Å². The van der Waals surface area contributed by atoms with E-state index in [9.17, 15) is 4.79 Å². The lowest BCUT2D eigenvalue weighted by molar-refractivity contribution is -0.115. The van der Waals surface area contributed by atoms with Crippen molar-refractivity contribution in [2.75, 3.05) is 12.4 Å². The molecular weight excluding hydrogens is 414 g/mol. The molecule has 3 aromatic rings. The fraction of sp³-hybridized carbons (Fsp3) is 0.273. The molecule has 0 saturated heterocycles. The molecule has 0 spiro atoms. The Balaban J connectivity index is 1.63. The van der Waals surface area contributed by atoms with E-state index in [0.717, 1.165) is 0 Å². The number of ether oxygens (including phenoxy) is 2. The van der Waals surface area contributed by atoms with Crippen LogP contribution >= 0.6 is 11.8 Å². The van der Waals surface area contributed by atoms with E-state index < -0.39 is 5.25 Å². The van der Waals surface area contributed by atoms with Crippen LogP contribution in [0, 0.1) is 11.3 Å². The van der Waals surface area contributed by atoms with Crippen LogP contribution < -0.4 is 14.8 Å². The van der Waals surface area contributed by atoms with Crippen molar-refractivity contribution in [3.05, 3.63) is 59.9 Å². The maximum Gasteiger partial charge on any atom is 0.237 e. The highest BCUT2D eigenvalue weighted by Crippen LogP contribution is 2.28. The van der Waals surface area contributed by atoms with Crippen molar-refractivity contribution in [1.29, 1.82) is 5.26 Å². The highest BCUT2D eigenvalue weighted by atomic mass is 32.2. The van der Waals surface area contributed by atoms with Crippen molar-refractivity contribution >= 4 is 23.4 Å². The van der Waals surface area contributed by atoms with Gasteiger partial charge in [-0.3, -0.25) is 4.79 Å². The molecular formula is C22H23N5O3S. The topological polar surface area (TPSA) is 102 Å². The molecule has 1 N–H and O–H groups in total. The Labute approximate surface area is 185 Å². The molecule has 0 aliphatic carbocycles. The summed E-state index contributed by atoms with van der Waals surface area (Å²) in [5.74, 6) is 1.85. The maximum atomic E-state index is 12.5. The lowest BCUT2D eigenvalue weighted by Crippen LogP contribution is -2.23. The summed E-state index contributed by atoms with van der Waals surface area (Å²) >= 11 is 1.31.